The molecule has 1 fully saturated rings. The summed E-state index contributed by atoms with van der Waals surface area (Å²) < 4.78 is 43.3. The van der Waals surface area contributed by atoms with Crippen molar-refractivity contribution in [3.05, 3.63) is 66.1 Å². The van der Waals surface area contributed by atoms with Crippen LogP contribution in [-0.2, 0) is 16.6 Å². The number of piperazine rings is 1. The second-order valence-corrected chi connectivity index (χ2v) is 9.51. The van der Waals surface area contributed by atoms with Gasteiger partial charge in [-0.2, -0.15) is 4.31 Å². The van der Waals surface area contributed by atoms with Crippen molar-refractivity contribution < 1.29 is 12.8 Å². The van der Waals surface area contributed by atoms with Crippen molar-refractivity contribution in [2.24, 2.45) is 0 Å². The van der Waals surface area contributed by atoms with E-state index < -0.39 is 10.0 Å². The number of rotatable bonds is 6. The van der Waals surface area contributed by atoms with Gasteiger partial charge in [0.1, 0.15) is 22.4 Å². The molecule has 1 aliphatic rings. The van der Waals surface area contributed by atoms with Gasteiger partial charge in [0.15, 0.2) is 0 Å². The third kappa shape index (κ3) is 4.60. The number of pyridine rings is 1. The van der Waals surface area contributed by atoms with Gasteiger partial charge in [-0.05, 0) is 43.8 Å². The topological polar surface area (TPSA) is 83.4 Å². The molecule has 31 heavy (non-hydrogen) atoms. The molecule has 1 aromatic carbocycles. The quantitative estimate of drug-likeness (QED) is 0.628. The summed E-state index contributed by atoms with van der Waals surface area (Å²) in [6.45, 7) is 4.54. The van der Waals surface area contributed by atoms with Crippen LogP contribution in [0.5, 0.6) is 0 Å². The highest BCUT2D eigenvalue weighted by atomic mass is 32.2. The van der Waals surface area contributed by atoms with Crippen LogP contribution in [0.3, 0.4) is 0 Å². The van der Waals surface area contributed by atoms with Crippen LogP contribution in [0.2, 0.25) is 0 Å². The minimum Gasteiger partial charge on any atom is -0.366 e. The number of nitrogens with one attached hydrogen (secondary N) is 1. The van der Waals surface area contributed by atoms with Gasteiger partial charge in [-0.1, -0.05) is 6.07 Å². The Morgan fingerprint density at radius 1 is 1.10 bits per heavy atom. The summed E-state index contributed by atoms with van der Waals surface area (Å²) in [5, 5.41) is 3.11. The molecule has 0 bridgehead atoms. The molecule has 0 aliphatic carbocycles. The normalized spacial score (nSPS) is 15.8. The third-order valence-electron chi connectivity index (χ3n) is 5.41. The smallest absolute Gasteiger partial charge is 0.244 e. The molecule has 0 spiro atoms. The van der Waals surface area contributed by atoms with E-state index in [-0.39, 0.29) is 10.7 Å². The number of hydrogen-bond donors (Lipinski definition) is 1. The molecule has 2 aromatic heterocycles. The Morgan fingerprint density at radius 2 is 1.87 bits per heavy atom. The first-order valence-corrected chi connectivity index (χ1v) is 11.5. The summed E-state index contributed by atoms with van der Waals surface area (Å²) in [4.78, 5) is 10.6. The molecule has 0 unspecified atom stereocenters. The summed E-state index contributed by atoms with van der Waals surface area (Å²) in [5.74, 6) is 0.884. The molecule has 8 nitrogen and oxygen atoms in total. The Kier molecular flexibility index (Phi) is 6.03. The lowest BCUT2D eigenvalue weighted by Crippen LogP contribution is -2.47. The standard InChI is InChI=1S/C21H25FN6O2S/c1-16-23-7-8-28(16)20-5-3-17(13-19(20)22)14-24-21-6-4-18(15-25-21)31(29,30)27-11-9-26(2)10-12-27/h3-8,13,15H,9-12,14H2,1-2H3,(H,24,25). The molecule has 4 rings (SSSR count). The van der Waals surface area contributed by atoms with Crippen LogP contribution in [0, 0.1) is 12.7 Å². The monoisotopic (exact) mass is 444 g/mol. The molecule has 10 heteroatoms. The zero-order valence-electron chi connectivity index (χ0n) is 17.5. The van der Waals surface area contributed by atoms with E-state index in [1.54, 1.807) is 35.2 Å². The lowest BCUT2D eigenvalue weighted by molar-refractivity contribution is 0.222. The zero-order chi connectivity index (χ0) is 22.0. The van der Waals surface area contributed by atoms with Crippen molar-refractivity contribution in [3.63, 3.8) is 0 Å². The van der Waals surface area contributed by atoms with Crippen molar-refractivity contribution in [3.8, 4) is 5.69 Å². The fourth-order valence-electron chi connectivity index (χ4n) is 3.50. The molecule has 1 aliphatic heterocycles. The van der Waals surface area contributed by atoms with Crippen LogP contribution < -0.4 is 5.32 Å². The zero-order valence-corrected chi connectivity index (χ0v) is 18.3. The van der Waals surface area contributed by atoms with E-state index in [9.17, 15) is 12.8 Å². The summed E-state index contributed by atoms with van der Waals surface area (Å²) in [5.41, 5.74) is 1.19. The SMILES string of the molecule is Cc1nccn1-c1ccc(CNc2ccc(S(=O)(=O)N3CCN(C)CC3)cn2)cc1F. The van der Waals surface area contributed by atoms with E-state index in [0.717, 1.165) is 5.56 Å². The van der Waals surface area contributed by atoms with E-state index >= 15 is 0 Å². The molecule has 0 saturated carbocycles. The van der Waals surface area contributed by atoms with Crippen molar-refractivity contribution in [1.82, 2.24) is 23.7 Å². The molecule has 3 aromatic rings. The van der Waals surface area contributed by atoms with Crippen LogP contribution in [0.1, 0.15) is 11.4 Å². The van der Waals surface area contributed by atoms with Crippen LogP contribution in [0.15, 0.2) is 53.8 Å². The van der Waals surface area contributed by atoms with Gasteiger partial charge in [-0.3, -0.25) is 0 Å². The Labute approximate surface area is 181 Å². The number of benzene rings is 1. The second-order valence-electron chi connectivity index (χ2n) is 7.57. The number of imidazole rings is 1. The Bertz CT molecular complexity index is 1150. The van der Waals surface area contributed by atoms with Crippen molar-refractivity contribution >= 4 is 15.8 Å². The van der Waals surface area contributed by atoms with Gasteiger partial charge >= 0.3 is 0 Å². The molecular formula is C21H25FN6O2S. The minimum absolute atomic E-state index is 0.175. The van der Waals surface area contributed by atoms with E-state index in [0.29, 0.717) is 50.1 Å². The van der Waals surface area contributed by atoms with E-state index in [4.69, 9.17) is 0 Å². The summed E-state index contributed by atoms with van der Waals surface area (Å²) in [7, 11) is -1.57. The molecule has 1 N–H and O–H groups in total. The van der Waals surface area contributed by atoms with E-state index in [1.165, 1.54) is 16.6 Å². The van der Waals surface area contributed by atoms with E-state index in [2.05, 4.69) is 20.2 Å². The van der Waals surface area contributed by atoms with Crippen LogP contribution in [0.25, 0.3) is 5.69 Å². The summed E-state index contributed by atoms with van der Waals surface area (Å²) in [6.07, 6.45) is 4.71. The second kappa shape index (κ2) is 8.74. The first-order chi connectivity index (χ1) is 14.8. The Hall–Kier alpha value is -2.82. The van der Waals surface area contributed by atoms with Gasteiger partial charge in [0.2, 0.25) is 10.0 Å². The average Bonchev–Trinajstić information content (AvgIpc) is 3.18. The first-order valence-electron chi connectivity index (χ1n) is 10.0. The molecule has 0 atom stereocenters. The maximum atomic E-state index is 14.5. The predicted octanol–water partition coefficient (Wildman–Crippen LogP) is 2.26. The fraction of sp³-hybridized carbons (Fsp3) is 0.333. The molecule has 164 valence electrons. The van der Waals surface area contributed by atoms with Gasteiger partial charge in [0.05, 0.1) is 5.69 Å². The Morgan fingerprint density at radius 3 is 2.48 bits per heavy atom. The van der Waals surface area contributed by atoms with Crippen LogP contribution in [-0.4, -0.2) is 65.4 Å². The molecular weight excluding hydrogens is 419 g/mol. The van der Waals surface area contributed by atoms with Crippen molar-refractivity contribution in [2.45, 2.75) is 18.4 Å². The van der Waals surface area contributed by atoms with Gasteiger partial charge < -0.3 is 14.8 Å². The molecule has 3 heterocycles. The maximum Gasteiger partial charge on any atom is 0.244 e. The number of aryl methyl sites for hydroxylation is 1. The van der Waals surface area contributed by atoms with Gasteiger partial charge in [-0.15, -0.1) is 0 Å². The van der Waals surface area contributed by atoms with E-state index in [1.807, 2.05) is 20.0 Å². The van der Waals surface area contributed by atoms with Crippen LogP contribution in [0.4, 0.5) is 10.2 Å². The van der Waals surface area contributed by atoms with Crippen molar-refractivity contribution in [2.75, 3.05) is 38.5 Å². The van der Waals surface area contributed by atoms with Crippen LogP contribution >= 0.6 is 0 Å². The highest BCUT2D eigenvalue weighted by molar-refractivity contribution is 7.89. The maximum absolute atomic E-state index is 14.5. The highest BCUT2D eigenvalue weighted by Crippen LogP contribution is 2.20. The molecule has 1 saturated heterocycles. The summed E-state index contributed by atoms with van der Waals surface area (Å²) >= 11 is 0. The number of sulfonamides is 1. The predicted molar refractivity (Wildman–Crippen MR) is 116 cm³/mol. The van der Waals surface area contributed by atoms with Gasteiger partial charge in [0.25, 0.3) is 0 Å². The fourth-order valence-corrected chi connectivity index (χ4v) is 4.86. The van der Waals surface area contributed by atoms with Gasteiger partial charge in [0, 0.05) is 51.3 Å². The number of hydrogen-bond acceptors (Lipinski definition) is 6. The number of aromatic nitrogens is 3. The minimum atomic E-state index is -3.55. The summed E-state index contributed by atoms with van der Waals surface area (Å²) in [6, 6.07) is 8.18. The largest absolute Gasteiger partial charge is 0.366 e. The van der Waals surface area contributed by atoms with Gasteiger partial charge in [-0.25, -0.2) is 22.8 Å². The number of halogens is 1. The lowest BCUT2D eigenvalue weighted by Gasteiger charge is -2.31. The Balaban J connectivity index is 1.41. The highest BCUT2D eigenvalue weighted by Gasteiger charge is 2.27. The number of likely N-dealkylation sites (N-methyl/N-ethyl adjacent to an activating group) is 1. The number of nitrogens with zero attached hydrogens (tertiary/aromatic N) is 5. The lowest BCUT2D eigenvalue weighted by atomic mass is 10.2. The first kappa shape index (κ1) is 21.4. The molecule has 0 radical (unpaired) electrons. The molecule has 0 amide bonds. The average molecular weight is 445 g/mol. The van der Waals surface area contributed by atoms with Crippen molar-refractivity contribution in [1.29, 1.82) is 0 Å². The third-order valence-corrected chi connectivity index (χ3v) is 7.29. The number of anilines is 1.